The Balaban J connectivity index is 2.43. The predicted octanol–water partition coefficient (Wildman–Crippen LogP) is 0.919. The second-order valence-corrected chi connectivity index (χ2v) is 3.86. The van der Waals surface area contributed by atoms with Gasteiger partial charge in [-0.2, -0.15) is 5.26 Å². The molecule has 0 spiro atoms. The largest absolute Gasteiger partial charge is 0.389 e. The van der Waals surface area contributed by atoms with Gasteiger partial charge in [0.1, 0.15) is 17.9 Å². The molecule has 0 saturated carbocycles. The highest BCUT2D eigenvalue weighted by Gasteiger charge is 2.22. The predicted molar refractivity (Wildman–Crippen MR) is 60.1 cm³/mol. The summed E-state index contributed by atoms with van der Waals surface area (Å²) < 4.78 is 0. The van der Waals surface area contributed by atoms with E-state index in [2.05, 4.69) is 15.0 Å². The molecule has 0 aliphatic heterocycles. The van der Waals surface area contributed by atoms with E-state index in [-0.39, 0.29) is 11.6 Å². The van der Waals surface area contributed by atoms with E-state index in [4.69, 9.17) is 16.9 Å². The first-order valence-electron chi connectivity index (χ1n) is 4.85. The Hall–Kier alpha value is -1.68. The summed E-state index contributed by atoms with van der Waals surface area (Å²) in [6, 6.07) is 1.79. The van der Waals surface area contributed by atoms with Crippen molar-refractivity contribution in [1.82, 2.24) is 15.0 Å². The first-order chi connectivity index (χ1) is 8.15. The lowest BCUT2D eigenvalue weighted by Gasteiger charge is -2.13. The lowest BCUT2D eigenvalue weighted by Crippen LogP contribution is -2.17. The first kappa shape index (κ1) is 11.8. The molecular weight excluding hydrogens is 244 g/mol. The van der Waals surface area contributed by atoms with Crippen LogP contribution in [0, 0.1) is 11.3 Å². The van der Waals surface area contributed by atoms with E-state index in [0.29, 0.717) is 16.6 Å². The van der Waals surface area contributed by atoms with E-state index in [9.17, 15) is 10.2 Å². The number of nitrogens with zero attached hydrogens (tertiary/aromatic N) is 3. The van der Waals surface area contributed by atoms with Crippen molar-refractivity contribution in [2.45, 2.75) is 18.6 Å². The SMILES string of the molecule is N#CCC(O)C(O)c1c[nH]c2c(Cl)ncnc12. The Morgan fingerprint density at radius 2 is 2.24 bits per heavy atom. The first-order valence-corrected chi connectivity index (χ1v) is 5.23. The van der Waals surface area contributed by atoms with Gasteiger partial charge >= 0.3 is 0 Å². The van der Waals surface area contributed by atoms with Crippen LogP contribution in [0.3, 0.4) is 0 Å². The van der Waals surface area contributed by atoms with Gasteiger partial charge in [0.05, 0.1) is 24.1 Å². The number of aromatic nitrogens is 3. The molecule has 88 valence electrons. The van der Waals surface area contributed by atoms with Crippen LogP contribution >= 0.6 is 11.6 Å². The lowest BCUT2D eigenvalue weighted by molar-refractivity contribution is 0.0224. The molecule has 2 unspecified atom stereocenters. The molecule has 0 aliphatic rings. The average Bonchev–Trinajstić information content (AvgIpc) is 2.73. The van der Waals surface area contributed by atoms with E-state index >= 15 is 0 Å². The number of nitriles is 1. The molecule has 0 saturated heterocycles. The molecule has 2 aromatic rings. The summed E-state index contributed by atoms with van der Waals surface area (Å²) in [4.78, 5) is 10.6. The maximum atomic E-state index is 9.87. The Labute approximate surface area is 102 Å². The van der Waals surface area contributed by atoms with Gasteiger partial charge in [-0.05, 0) is 0 Å². The van der Waals surface area contributed by atoms with Crippen molar-refractivity contribution in [2.24, 2.45) is 0 Å². The van der Waals surface area contributed by atoms with E-state index in [0.717, 1.165) is 0 Å². The third-order valence-electron chi connectivity index (χ3n) is 2.43. The molecule has 2 rings (SSSR count). The van der Waals surface area contributed by atoms with E-state index in [1.807, 2.05) is 0 Å². The highest BCUT2D eigenvalue weighted by Crippen LogP contribution is 2.28. The second-order valence-electron chi connectivity index (χ2n) is 3.51. The van der Waals surface area contributed by atoms with Gasteiger partial charge in [0.2, 0.25) is 0 Å². The number of H-pyrrole nitrogens is 1. The molecule has 0 amide bonds. The van der Waals surface area contributed by atoms with Gasteiger partial charge in [-0.25, -0.2) is 9.97 Å². The summed E-state index contributed by atoms with van der Waals surface area (Å²) in [5.74, 6) is 0. The normalized spacial score (nSPS) is 14.5. The van der Waals surface area contributed by atoms with Crippen LogP contribution < -0.4 is 0 Å². The van der Waals surface area contributed by atoms with Gasteiger partial charge in [0.25, 0.3) is 0 Å². The fourth-order valence-electron chi connectivity index (χ4n) is 1.57. The summed E-state index contributed by atoms with van der Waals surface area (Å²) in [7, 11) is 0. The maximum Gasteiger partial charge on any atom is 0.156 e. The molecule has 0 bridgehead atoms. The number of hydrogen-bond acceptors (Lipinski definition) is 5. The van der Waals surface area contributed by atoms with E-state index in [1.54, 1.807) is 6.07 Å². The quantitative estimate of drug-likeness (QED) is 0.705. The summed E-state index contributed by atoms with van der Waals surface area (Å²) in [6.07, 6.45) is 0.260. The monoisotopic (exact) mass is 252 g/mol. The Morgan fingerprint density at radius 1 is 1.47 bits per heavy atom. The Bertz CT molecular complexity index is 577. The molecule has 0 radical (unpaired) electrons. The summed E-state index contributed by atoms with van der Waals surface area (Å²) >= 11 is 5.84. The van der Waals surface area contributed by atoms with Crippen molar-refractivity contribution in [1.29, 1.82) is 5.26 Å². The minimum Gasteiger partial charge on any atom is -0.389 e. The highest BCUT2D eigenvalue weighted by molar-refractivity contribution is 6.33. The van der Waals surface area contributed by atoms with Crippen molar-refractivity contribution in [2.75, 3.05) is 0 Å². The van der Waals surface area contributed by atoms with Gasteiger partial charge < -0.3 is 15.2 Å². The zero-order chi connectivity index (χ0) is 12.4. The Morgan fingerprint density at radius 3 is 2.94 bits per heavy atom. The Kier molecular flexibility index (Phi) is 3.24. The van der Waals surface area contributed by atoms with Crippen molar-refractivity contribution in [3.05, 3.63) is 23.2 Å². The van der Waals surface area contributed by atoms with E-state index < -0.39 is 12.2 Å². The standard InChI is InChI=1S/C10H9ClN4O2/c11-10-8-7(14-4-15-10)5(3-13-8)9(17)6(16)1-2-12/h3-4,6,9,13,16-17H,1H2. The second kappa shape index (κ2) is 4.67. The third kappa shape index (κ3) is 2.08. The molecular formula is C10H9ClN4O2. The van der Waals surface area contributed by atoms with Crippen molar-refractivity contribution in [3.63, 3.8) is 0 Å². The number of aliphatic hydroxyl groups is 2. The number of aliphatic hydroxyl groups excluding tert-OH is 2. The van der Waals surface area contributed by atoms with Gasteiger partial charge in [-0.3, -0.25) is 0 Å². The maximum absolute atomic E-state index is 9.87. The summed E-state index contributed by atoms with van der Waals surface area (Å²) in [6.45, 7) is 0. The van der Waals surface area contributed by atoms with Gasteiger partial charge in [0.15, 0.2) is 5.15 Å². The molecule has 17 heavy (non-hydrogen) atoms. The average molecular weight is 253 g/mol. The topological polar surface area (TPSA) is 106 Å². The molecule has 7 heteroatoms. The minimum atomic E-state index is -1.19. The molecule has 0 fully saturated rings. The fraction of sp³-hybridized carbons (Fsp3) is 0.300. The molecule has 6 nitrogen and oxygen atoms in total. The fourth-order valence-corrected chi connectivity index (χ4v) is 1.75. The highest BCUT2D eigenvalue weighted by atomic mass is 35.5. The number of fused-ring (bicyclic) bond motifs is 1. The molecule has 0 aliphatic carbocycles. The molecule has 2 aromatic heterocycles. The molecule has 0 aromatic carbocycles. The van der Waals surface area contributed by atoms with Crippen LogP contribution in [-0.4, -0.2) is 31.3 Å². The van der Waals surface area contributed by atoms with Crippen LogP contribution in [-0.2, 0) is 0 Å². The minimum absolute atomic E-state index is 0.160. The van der Waals surface area contributed by atoms with Crippen molar-refractivity contribution >= 4 is 22.6 Å². The number of hydrogen-bond donors (Lipinski definition) is 3. The van der Waals surface area contributed by atoms with Crippen LogP contribution in [0.15, 0.2) is 12.5 Å². The molecule has 2 heterocycles. The number of nitrogens with one attached hydrogen (secondary N) is 1. The zero-order valence-electron chi connectivity index (χ0n) is 8.63. The molecule has 2 atom stereocenters. The van der Waals surface area contributed by atoms with Crippen molar-refractivity contribution in [3.8, 4) is 6.07 Å². The van der Waals surface area contributed by atoms with Gasteiger partial charge in [0, 0.05) is 11.8 Å². The number of aromatic amines is 1. The molecule has 3 N–H and O–H groups in total. The van der Waals surface area contributed by atoms with Crippen LogP contribution in [0.1, 0.15) is 18.1 Å². The van der Waals surface area contributed by atoms with Gasteiger partial charge in [-0.15, -0.1) is 0 Å². The number of rotatable bonds is 3. The summed E-state index contributed by atoms with van der Waals surface area (Å²) in [5, 5.41) is 28.1. The van der Waals surface area contributed by atoms with Crippen molar-refractivity contribution < 1.29 is 10.2 Å². The van der Waals surface area contributed by atoms with E-state index in [1.165, 1.54) is 12.5 Å². The van der Waals surface area contributed by atoms with Gasteiger partial charge in [-0.1, -0.05) is 11.6 Å². The van der Waals surface area contributed by atoms with Crippen LogP contribution in [0.5, 0.6) is 0 Å². The van der Waals surface area contributed by atoms with Crippen LogP contribution in [0.25, 0.3) is 11.0 Å². The summed E-state index contributed by atoms with van der Waals surface area (Å²) in [5.41, 5.74) is 1.33. The number of halogens is 1. The van der Waals surface area contributed by atoms with Crippen LogP contribution in [0.2, 0.25) is 5.15 Å². The third-order valence-corrected chi connectivity index (χ3v) is 2.72. The lowest BCUT2D eigenvalue weighted by atomic mass is 10.0. The smallest absolute Gasteiger partial charge is 0.156 e. The van der Waals surface area contributed by atoms with Crippen LogP contribution in [0.4, 0.5) is 0 Å². The zero-order valence-corrected chi connectivity index (χ0v) is 9.39.